The van der Waals surface area contributed by atoms with Crippen molar-refractivity contribution < 1.29 is 35.9 Å². The van der Waals surface area contributed by atoms with Crippen LogP contribution in [0.15, 0.2) is 0 Å². The summed E-state index contributed by atoms with van der Waals surface area (Å²) in [6, 6.07) is 0. The summed E-state index contributed by atoms with van der Waals surface area (Å²) in [6.45, 7) is 5.90. The lowest BCUT2D eigenvalue weighted by Gasteiger charge is -2.68. The molecule has 158 valence electrons. The van der Waals surface area contributed by atoms with Crippen LogP contribution in [0.25, 0.3) is 0 Å². The van der Waals surface area contributed by atoms with E-state index in [0.717, 1.165) is 4.90 Å². The first kappa shape index (κ1) is 26.3. The molecule has 2 unspecified atom stereocenters. The van der Waals surface area contributed by atoms with Gasteiger partial charge in [-0.25, -0.2) is 4.79 Å². The third kappa shape index (κ3) is 4.21. The van der Waals surface area contributed by atoms with Gasteiger partial charge in [0, 0.05) is 17.4 Å². The molecule has 0 bridgehead atoms. The summed E-state index contributed by atoms with van der Waals surface area (Å²) in [4.78, 5) is 15.9. The summed E-state index contributed by atoms with van der Waals surface area (Å²) in [7, 11) is 10.3. The van der Waals surface area contributed by atoms with Crippen LogP contribution in [0.2, 0.25) is 0 Å². The normalized spacial score (nSPS) is 26.2. The number of halogens is 6. The van der Waals surface area contributed by atoms with Gasteiger partial charge in [0.25, 0.3) is 5.50 Å². The van der Waals surface area contributed by atoms with Crippen LogP contribution in [0, 0.1) is 0 Å². The van der Waals surface area contributed by atoms with E-state index in [0.29, 0.717) is 0 Å². The van der Waals surface area contributed by atoms with Gasteiger partial charge in [0.15, 0.2) is 7.85 Å². The average molecular weight is 419 g/mol. The number of amides is 1. The van der Waals surface area contributed by atoms with E-state index in [2.05, 4.69) is 9.64 Å². The second kappa shape index (κ2) is 7.16. The fraction of sp³-hybridized carbons (Fsp3) is 0.917. The minimum absolute atomic E-state index is 0.165. The predicted molar refractivity (Wildman–Crippen MR) is 118 cm³/mol. The summed E-state index contributed by atoms with van der Waals surface area (Å²) < 4.78 is 83.5. The lowest BCUT2D eigenvalue weighted by Crippen LogP contribution is -2.85. The second-order valence-corrected chi connectivity index (χ2v) is 9.97. The molecule has 0 aromatic heterocycles. The maximum absolute atomic E-state index is 13.2. The smallest absolute Gasteiger partial charge is 0.428 e. The van der Waals surface area contributed by atoms with E-state index in [4.69, 9.17) is 0 Å². The standard InChI is InChI=1S/C12H25B7F6N2O2/c1-7(2,3)27-8(15,16)4(13)26(5(14)9(27,17)18)6(28)29-10(19,11(20,21)22)12(23,24)25/h4-5H,13-19H2,1-3H3. The predicted octanol–water partition coefficient (Wildman–Crippen LogP) is -4.25. The Balaban J connectivity index is 3.47. The molecular weight excluding hydrogens is 394 g/mol. The number of hydrogen-bond donors (Lipinski definition) is 0. The molecule has 1 aliphatic rings. The molecular formula is C12H25B7F6N2O2. The lowest BCUT2D eigenvalue weighted by atomic mass is 9.40. The Morgan fingerprint density at radius 2 is 1.17 bits per heavy atom. The number of carbonyl (C=O) groups excluding carboxylic acids is 1. The number of alkyl halides is 6. The Kier molecular flexibility index (Phi) is 6.49. The van der Waals surface area contributed by atoms with Crippen molar-refractivity contribution in [2.45, 2.75) is 66.7 Å². The molecule has 0 N–H and O–H groups in total. The zero-order valence-corrected chi connectivity index (χ0v) is 18.6. The number of nitrogens with zero attached hydrogens (tertiary/aromatic N) is 2. The summed E-state index contributed by atoms with van der Waals surface area (Å²) >= 11 is 0. The molecule has 2 atom stereocenters. The van der Waals surface area contributed by atoms with Crippen LogP contribution in [-0.4, -0.2) is 117 Å². The molecule has 1 rings (SSSR count). The van der Waals surface area contributed by atoms with E-state index in [9.17, 15) is 31.1 Å². The van der Waals surface area contributed by atoms with E-state index < -0.39 is 46.5 Å². The first-order chi connectivity index (χ1) is 12.4. The van der Waals surface area contributed by atoms with Crippen LogP contribution in [0.1, 0.15) is 20.8 Å². The SMILES string of the molecule is BC1N(C(=O)OC(B)(C(F)(F)F)C(F)(F)F)C(B)C(B)(B)N(C(C)(C)C)C1(B)B. The topological polar surface area (TPSA) is 32.8 Å². The molecule has 29 heavy (non-hydrogen) atoms. The second-order valence-electron chi connectivity index (χ2n) is 9.97. The van der Waals surface area contributed by atoms with E-state index in [-0.39, 0.29) is 13.4 Å². The van der Waals surface area contributed by atoms with Crippen molar-refractivity contribution in [1.29, 1.82) is 0 Å². The van der Waals surface area contributed by atoms with Crippen LogP contribution in [0.3, 0.4) is 0 Å². The number of carbonyl (C=O) groups is 1. The Labute approximate surface area is 174 Å². The Hall–Kier alpha value is -0.735. The first-order valence-corrected chi connectivity index (χ1v) is 9.39. The van der Waals surface area contributed by atoms with Crippen LogP contribution in [0.4, 0.5) is 31.1 Å². The van der Waals surface area contributed by atoms with Crippen LogP contribution in [0.5, 0.6) is 0 Å². The summed E-state index contributed by atoms with van der Waals surface area (Å²) in [5, 5.41) is -1.53. The van der Waals surface area contributed by atoms with Crippen molar-refractivity contribution in [3.63, 3.8) is 0 Å². The van der Waals surface area contributed by atoms with Gasteiger partial charge in [-0.1, -0.05) is 0 Å². The lowest BCUT2D eigenvalue weighted by molar-refractivity contribution is -0.331. The molecule has 0 aliphatic carbocycles. The van der Waals surface area contributed by atoms with Gasteiger partial charge >= 0.3 is 18.4 Å². The monoisotopic (exact) mass is 420 g/mol. The highest BCUT2D eigenvalue weighted by Gasteiger charge is 2.71. The Morgan fingerprint density at radius 1 is 0.862 bits per heavy atom. The quantitative estimate of drug-likeness (QED) is 0.319. The summed E-state index contributed by atoms with van der Waals surface area (Å²) in [5.41, 5.74) is -4.98. The molecule has 17 heteroatoms. The molecule has 4 nitrogen and oxygen atoms in total. The van der Waals surface area contributed by atoms with Crippen molar-refractivity contribution in [1.82, 2.24) is 9.80 Å². The van der Waals surface area contributed by atoms with E-state index in [1.54, 1.807) is 15.7 Å². The first-order valence-electron chi connectivity index (χ1n) is 9.39. The highest BCUT2D eigenvalue weighted by Crippen LogP contribution is 2.45. The van der Waals surface area contributed by atoms with Gasteiger partial charge in [0.1, 0.15) is 47.1 Å². The van der Waals surface area contributed by atoms with Crippen molar-refractivity contribution in [2.24, 2.45) is 0 Å². The van der Waals surface area contributed by atoms with Crippen LogP contribution in [-0.2, 0) is 4.74 Å². The molecule has 1 fully saturated rings. The third-order valence-electron chi connectivity index (χ3n) is 6.29. The van der Waals surface area contributed by atoms with E-state index in [1.165, 1.54) is 0 Å². The molecule has 0 radical (unpaired) electrons. The Morgan fingerprint density at radius 3 is 1.41 bits per heavy atom. The van der Waals surface area contributed by atoms with Crippen molar-refractivity contribution >= 4 is 61.0 Å². The molecule has 0 aromatic rings. The zero-order valence-electron chi connectivity index (χ0n) is 18.6. The van der Waals surface area contributed by atoms with E-state index in [1.807, 2.05) is 52.2 Å². The largest absolute Gasteiger partial charge is 0.433 e. The van der Waals surface area contributed by atoms with Gasteiger partial charge in [-0.15, -0.1) is 0 Å². The maximum atomic E-state index is 13.2. The highest BCUT2D eigenvalue weighted by atomic mass is 19.4. The molecule has 1 saturated heterocycles. The Bertz CT molecular complexity index is 616. The van der Waals surface area contributed by atoms with Crippen LogP contribution < -0.4 is 0 Å². The molecule has 0 saturated carbocycles. The summed E-state index contributed by atoms with van der Waals surface area (Å²) in [6.07, 6.45) is -13.3. The molecule has 1 aliphatic heterocycles. The van der Waals surface area contributed by atoms with Crippen molar-refractivity contribution in [3.05, 3.63) is 0 Å². The zero-order chi connectivity index (χ0) is 23.6. The van der Waals surface area contributed by atoms with Crippen LogP contribution >= 0.6 is 0 Å². The molecule has 0 spiro atoms. The molecule has 0 aromatic carbocycles. The number of hydrogen-bond acceptors (Lipinski definition) is 3. The maximum Gasteiger partial charge on any atom is 0.428 e. The van der Waals surface area contributed by atoms with E-state index >= 15 is 0 Å². The number of piperazine rings is 1. The minimum atomic E-state index is -5.81. The number of rotatable bonds is 1. The van der Waals surface area contributed by atoms with Crippen molar-refractivity contribution in [2.75, 3.05) is 0 Å². The van der Waals surface area contributed by atoms with Gasteiger partial charge in [0.2, 0.25) is 0 Å². The van der Waals surface area contributed by atoms with Gasteiger partial charge in [-0.2, -0.15) is 26.3 Å². The minimum Gasteiger partial charge on any atom is -0.433 e. The number of ether oxygens (including phenoxy) is 1. The van der Waals surface area contributed by atoms with Gasteiger partial charge in [-0.3, -0.25) is 0 Å². The van der Waals surface area contributed by atoms with Crippen molar-refractivity contribution in [3.8, 4) is 0 Å². The molecule has 1 heterocycles. The third-order valence-corrected chi connectivity index (χ3v) is 6.29. The summed E-state index contributed by atoms with van der Waals surface area (Å²) in [5.74, 6) is -1.44. The highest BCUT2D eigenvalue weighted by molar-refractivity contribution is 6.49. The van der Waals surface area contributed by atoms with Gasteiger partial charge in [-0.05, 0) is 31.4 Å². The fourth-order valence-corrected chi connectivity index (χ4v) is 4.68. The fourth-order valence-electron chi connectivity index (χ4n) is 4.68. The van der Waals surface area contributed by atoms with Gasteiger partial charge in [0.05, 0.1) is 0 Å². The van der Waals surface area contributed by atoms with Gasteiger partial charge < -0.3 is 14.5 Å². The molecule has 1 amide bonds. The average Bonchev–Trinajstić information content (AvgIpc) is 2.40.